The van der Waals surface area contributed by atoms with Crippen LogP contribution in [0.25, 0.3) is 43.6 Å². The van der Waals surface area contributed by atoms with Crippen LogP contribution in [0.15, 0.2) is 223 Å². The summed E-state index contributed by atoms with van der Waals surface area (Å²) in [5.41, 5.74) is 9.83. The van der Waals surface area contributed by atoms with E-state index in [0.717, 1.165) is 54.5 Å². The second-order valence-corrected chi connectivity index (χ2v) is 32.3. The van der Waals surface area contributed by atoms with Gasteiger partial charge >= 0.3 is 41.6 Å². The summed E-state index contributed by atoms with van der Waals surface area (Å²) in [6.45, 7) is 76.7. The molecule has 0 bridgehead atoms. The molecule has 0 saturated heterocycles. The average molecular weight is 1990 g/mol. The fourth-order valence-corrected chi connectivity index (χ4v) is 11.5. The van der Waals surface area contributed by atoms with E-state index < -0.39 is 12.1 Å². The quantitative estimate of drug-likeness (QED) is 0.0189. The van der Waals surface area contributed by atoms with Crippen molar-refractivity contribution in [2.24, 2.45) is 11.8 Å². The maximum atomic E-state index is 11.8. The number of nitrogens with one attached hydrogen (secondary N) is 9. The standard InChI is InChI=1S/C14H17ClN2O.C13H15ClN2O.C11H11ClN2O.C11H12N2O2.2C11H12N2O.C10H9BrN2O.C10H8Cl2N2O.C9H9N3O/c1-10(2)8-13(16-3)14(18)17-9-11-4-6-12(15)7-5-11;1-9(2)12(15-3)13(17)16-8-10-4-6-11(14)7-5-10;1-8(14-11(15)7-13-2)9-3-5-10(12)6-4-9;1-8(13-11(15)7-12-2)9-3-5-10(14)6-4-9;1-9-3-5-10(6-4-9)7-13-11(14)8-12-2;1-9(13-11(14)8-12-2)10-6-4-3-5-7-10;1-12-7-10(14)13-6-8-2-4-9(11)5-3-8;1-13-6-10(15)14-5-7-2-3-8(11)4-9(7)12;1-10-7-9(13)12-6-8-3-2-4-11-5-8/h4-7,10,13H,8-9H2,1-2H3,(H,17,18);4-7,9,12H,8H2,1-2H3,(H,16,17);3-6,8H,7H2,1H3,(H,14,15);3-6,8,14H,7H2,1H3,(H,13,15);3-6H,7-8H2,1H3,(H,13,14);3-7,9H,8H2,1H3,(H,13,14);2-5H,6-7H2,(H,13,14);2-4H,5-6H2,(H,14,15);2-5H,6-7H2,(H,12,13)/t;;2*8-;;9-;;;/m..00.1.../s1. The van der Waals surface area contributed by atoms with Gasteiger partial charge in [0.1, 0.15) is 5.75 Å². The number of phenols is 1. The van der Waals surface area contributed by atoms with Crippen molar-refractivity contribution in [3.8, 4) is 5.75 Å². The first-order chi connectivity index (χ1) is 64.5. The zero-order valence-corrected chi connectivity index (χ0v) is 81.0. The van der Waals surface area contributed by atoms with Crippen LogP contribution in [-0.4, -0.2) is 121 Å². The Morgan fingerprint density at radius 2 is 0.696 bits per heavy atom. The van der Waals surface area contributed by atoms with Crippen LogP contribution in [0.4, 0.5) is 0 Å². The maximum absolute atomic E-state index is 11.8. The molecule has 702 valence electrons. The van der Waals surface area contributed by atoms with Gasteiger partial charge in [-0.05, 0) is 163 Å². The molecule has 5 atom stereocenters. The first-order valence-corrected chi connectivity index (χ1v) is 43.9. The molecule has 0 aliphatic heterocycles. The fraction of sp³-hybridized carbons (Fsp3) is 0.290. The predicted molar refractivity (Wildman–Crippen MR) is 531 cm³/mol. The van der Waals surface area contributed by atoms with E-state index in [-0.39, 0.29) is 129 Å². The molecule has 8 aromatic carbocycles. The molecule has 29 nitrogen and oxygen atoms in total. The van der Waals surface area contributed by atoms with Crippen molar-refractivity contribution in [3.63, 3.8) is 0 Å². The molecule has 9 aromatic rings. The normalized spacial score (nSPS) is 10.6. The third-order valence-electron chi connectivity index (χ3n) is 17.4. The molecule has 35 heteroatoms. The van der Waals surface area contributed by atoms with Gasteiger partial charge in [0.2, 0.25) is 0 Å². The number of phenolic OH excluding ortho intramolecular Hbond substituents is 1. The van der Waals surface area contributed by atoms with Crippen molar-refractivity contribution in [3.05, 3.63) is 407 Å². The molecule has 10 N–H and O–H groups in total. The van der Waals surface area contributed by atoms with Gasteiger partial charge in [-0.3, -0.25) is 48.1 Å². The number of aryl methyl sites for hydroxylation is 1. The summed E-state index contributed by atoms with van der Waals surface area (Å²) in [7, 11) is 0. The summed E-state index contributed by atoms with van der Waals surface area (Å²) >= 11 is 32.2. The molecule has 9 rings (SSSR count). The Labute approximate surface area is 823 Å². The lowest BCUT2D eigenvalue weighted by molar-refractivity contribution is -0.123. The average Bonchev–Trinajstić information content (AvgIpc) is 0.781. The highest BCUT2D eigenvalue weighted by molar-refractivity contribution is 9.10. The Morgan fingerprint density at radius 1 is 0.363 bits per heavy atom. The molecule has 0 spiro atoms. The van der Waals surface area contributed by atoms with Crippen LogP contribution in [0.2, 0.25) is 25.1 Å². The number of halogens is 6. The molecule has 1 heterocycles. The number of rotatable bonds is 30. The summed E-state index contributed by atoms with van der Waals surface area (Å²) in [6, 6.07) is 60.9. The predicted octanol–water partition coefficient (Wildman–Crippen LogP) is 18.6. The highest BCUT2D eigenvalue weighted by Crippen LogP contribution is 2.23. The first-order valence-electron chi connectivity index (χ1n) is 41.2. The highest BCUT2D eigenvalue weighted by atomic mass is 79.9. The van der Waals surface area contributed by atoms with Crippen molar-refractivity contribution in [2.45, 2.75) is 131 Å². The van der Waals surface area contributed by atoms with E-state index in [9.17, 15) is 43.2 Å². The second kappa shape index (κ2) is 71.0. The van der Waals surface area contributed by atoms with E-state index in [4.69, 9.17) is 122 Å². The molecule has 1 aromatic heterocycles. The lowest BCUT2D eigenvalue weighted by Crippen LogP contribution is -2.35. The number of amides is 9. The molecular formula is C100H105BrCl5N19O10. The zero-order valence-electron chi connectivity index (χ0n) is 75.6. The van der Waals surface area contributed by atoms with Gasteiger partial charge in [0, 0.05) is 93.6 Å². The molecule has 135 heavy (non-hydrogen) atoms. The summed E-state index contributed by atoms with van der Waals surface area (Å²) in [5.74, 6) is -1.65. The van der Waals surface area contributed by atoms with Crippen molar-refractivity contribution < 1.29 is 48.3 Å². The topological polar surface area (TPSA) is 334 Å². The Bertz CT molecular complexity index is 5430. The van der Waals surface area contributed by atoms with Gasteiger partial charge in [0.15, 0.2) is 0 Å². The van der Waals surface area contributed by atoms with E-state index in [1.54, 1.807) is 97.3 Å². The van der Waals surface area contributed by atoms with Crippen LogP contribution in [0.1, 0.15) is 129 Å². The Hall–Kier alpha value is -14.7. The number of pyridine rings is 1. The van der Waals surface area contributed by atoms with Crippen molar-refractivity contribution >= 4 is 127 Å². The Kier molecular flexibility index (Phi) is 62.2. The lowest BCUT2D eigenvalue weighted by atomic mass is 10.0. The van der Waals surface area contributed by atoms with E-state index in [1.165, 1.54) is 5.56 Å². The minimum absolute atomic E-state index is 0.0257. The van der Waals surface area contributed by atoms with E-state index in [0.29, 0.717) is 76.7 Å². The zero-order chi connectivity index (χ0) is 101. The molecule has 0 aliphatic carbocycles. The number of nitrogens with zero attached hydrogens (tertiary/aromatic N) is 10. The number of aromatic nitrogens is 1. The van der Waals surface area contributed by atoms with Crippen LogP contribution < -0.4 is 47.9 Å². The third-order valence-corrected chi connectivity index (χ3v) is 19.3. The molecule has 0 saturated carbocycles. The lowest BCUT2D eigenvalue weighted by Gasteiger charge is -2.12. The number of benzene rings is 8. The first kappa shape index (κ1) is 118. The SMILES string of the molecule is [C-]#[N+]C(C(=O)NCc1ccc(Cl)cc1)C(C)C.[C-]#[N+]C(CC(C)C)C(=O)NCc1ccc(Cl)cc1.[C-]#[N+]CC(=O)NCc1ccc(Br)cc1.[C-]#[N+]CC(=O)NCc1ccc(C)cc1.[C-]#[N+]CC(=O)NCc1ccc(Cl)cc1Cl.[C-]#[N+]CC(=O)NCc1cccnc1.[C-]#[N+]CC(=O)N[C@@H](C)c1ccc(Cl)cc1.[C-]#[N+]CC(=O)N[C@@H](C)c1ccc(O)cc1.[C-]#[N+]CC(=O)N[C@H](C)c1ccccc1. The Morgan fingerprint density at radius 3 is 1.05 bits per heavy atom. The van der Waals surface area contributed by atoms with Crippen LogP contribution in [0.5, 0.6) is 5.75 Å². The summed E-state index contributed by atoms with van der Waals surface area (Å²) < 4.78 is 1.01. The van der Waals surface area contributed by atoms with Gasteiger partial charge in [0.25, 0.3) is 69.4 Å². The summed E-state index contributed by atoms with van der Waals surface area (Å²) in [5, 5.41) is 36.3. The minimum Gasteiger partial charge on any atom is -0.508 e. The van der Waals surface area contributed by atoms with Gasteiger partial charge in [-0.25, -0.2) is 59.1 Å². The molecule has 0 radical (unpaired) electrons. The molecule has 9 amide bonds. The van der Waals surface area contributed by atoms with E-state index in [1.807, 2.05) is 177 Å². The number of hydrogen-bond donors (Lipinski definition) is 10. The number of hydrogen-bond acceptors (Lipinski definition) is 11. The molecule has 2 unspecified atom stereocenters. The van der Waals surface area contributed by atoms with Crippen LogP contribution in [0, 0.1) is 77.9 Å². The van der Waals surface area contributed by atoms with Crippen molar-refractivity contribution in [1.82, 2.24) is 52.8 Å². The summed E-state index contributed by atoms with van der Waals surface area (Å²) in [4.78, 5) is 132. The van der Waals surface area contributed by atoms with Gasteiger partial charge in [-0.2, -0.15) is 0 Å². The number of carbonyl (C=O) groups excluding carboxylic acids is 9. The van der Waals surface area contributed by atoms with Crippen molar-refractivity contribution in [1.29, 1.82) is 0 Å². The van der Waals surface area contributed by atoms with Crippen LogP contribution >= 0.6 is 73.9 Å². The van der Waals surface area contributed by atoms with E-state index in [2.05, 4.69) is 112 Å². The number of aromatic hydroxyl groups is 1. The second-order valence-electron chi connectivity index (χ2n) is 29.2. The van der Waals surface area contributed by atoms with Crippen LogP contribution in [-0.2, 0) is 82.4 Å². The molecule has 0 fully saturated rings. The summed E-state index contributed by atoms with van der Waals surface area (Å²) in [6.07, 6.45) is 3.94. The highest BCUT2D eigenvalue weighted by Gasteiger charge is 2.27. The van der Waals surface area contributed by atoms with Gasteiger partial charge in [-0.15, -0.1) is 0 Å². The Balaban J connectivity index is 0.000000760. The van der Waals surface area contributed by atoms with E-state index >= 15 is 0 Å². The maximum Gasteiger partial charge on any atom is 0.303 e. The molecular weight excluding hydrogens is 1880 g/mol. The van der Waals surface area contributed by atoms with Gasteiger partial charge in [0.05, 0.1) is 18.1 Å². The third kappa shape index (κ3) is 57.3. The molecule has 0 aliphatic rings. The van der Waals surface area contributed by atoms with Crippen molar-refractivity contribution in [2.75, 3.05) is 45.8 Å². The minimum atomic E-state index is -0.609. The number of carbonyl (C=O) groups is 9. The largest absolute Gasteiger partial charge is 0.508 e. The van der Waals surface area contributed by atoms with Gasteiger partial charge < -0.3 is 96.6 Å². The monoisotopic (exact) mass is 1990 g/mol. The van der Waals surface area contributed by atoms with Crippen LogP contribution in [0.3, 0.4) is 0 Å². The smallest absolute Gasteiger partial charge is 0.303 e. The van der Waals surface area contributed by atoms with Gasteiger partial charge in [-0.1, -0.05) is 235 Å². The fourth-order valence-electron chi connectivity index (χ4n) is 10.3.